The van der Waals surface area contributed by atoms with Gasteiger partial charge in [0.25, 0.3) is 0 Å². The molecule has 1 atom stereocenters. The minimum atomic E-state index is -0.613. The first-order valence-corrected chi connectivity index (χ1v) is 12.0. The second-order valence-corrected chi connectivity index (χ2v) is 8.70. The van der Waals surface area contributed by atoms with Crippen LogP contribution in [0.15, 0.2) is 59.9 Å². The molecule has 0 unspecified atom stereocenters. The highest BCUT2D eigenvalue weighted by Gasteiger charge is 2.40. The number of pyridine rings is 1. The van der Waals surface area contributed by atoms with Gasteiger partial charge in [-0.2, -0.15) is 5.26 Å². The SMILES string of the molecule is CCOc1ncc(C)c2c1[C@H](c1ccc(C#N)cc1OC)C(C(N)=O)=C(C)N2Cc1ccccc1OC. The van der Waals surface area contributed by atoms with Gasteiger partial charge in [0.05, 0.1) is 56.2 Å². The molecule has 8 heteroatoms. The lowest BCUT2D eigenvalue weighted by molar-refractivity contribution is -0.114. The lowest BCUT2D eigenvalue weighted by atomic mass is 9.78. The van der Waals surface area contributed by atoms with E-state index < -0.39 is 11.8 Å². The van der Waals surface area contributed by atoms with Gasteiger partial charge in [-0.15, -0.1) is 0 Å². The van der Waals surface area contributed by atoms with Crippen LogP contribution >= 0.6 is 0 Å². The Morgan fingerprint density at radius 3 is 2.51 bits per heavy atom. The highest BCUT2D eigenvalue weighted by Crippen LogP contribution is 2.51. The van der Waals surface area contributed by atoms with E-state index in [-0.39, 0.29) is 0 Å². The molecule has 37 heavy (non-hydrogen) atoms. The quantitative estimate of drug-likeness (QED) is 0.484. The average Bonchev–Trinajstić information content (AvgIpc) is 2.90. The van der Waals surface area contributed by atoms with Gasteiger partial charge in [0.15, 0.2) is 0 Å². The molecule has 0 fully saturated rings. The fourth-order valence-corrected chi connectivity index (χ4v) is 4.99. The van der Waals surface area contributed by atoms with E-state index in [0.717, 1.165) is 28.1 Å². The highest BCUT2D eigenvalue weighted by molar-refractivity contribution is 5.98. The predicted molar refractivity (Wildman–Crippen MR) is 141 cm³/mol. The number of hydrogen-bond acceptors (Lipinski definition) is 7. The van der Waals surface area contributed by atoms with E-state index in [2.05, 4.69) is 16.0 Å². The third-order valence-electron chi connectivity index (χ3n) is 6.62. The van der Waals surface area contributed by atoms with E-state index in [0.29, 0.717) is 47.2 Å². The zero-order chi connectivity index (χ0) is 26.7. The second kappa shape index (κ2) is 10.6. The van der Waals surface area contributed by atoms with Crippen molar-refractivity contribution in [3.63, 3.8) is 0 Å². The van der Waals surface area contributed by atoms with Crippen molar-refractivity contribution in [1.82, 2.24) is 4.98 Å². The van der Waals surface area contributed by atoms with Crippen molar-refractivity contribution in [3.05, 3.63) is 87.7 Å². The molecule has 0 bridgehead atoms. The van der Waals surface area contributed by atoms with E-state index >= 15 is 0 Å². The first kappa shape index (κ1) is 25.6. The number of carbonyl (C=O) groups excluding carboxylic acids is 1. The number of aromatic nitrogens is 1. The highest BCUT2D eigenvalue weighted by atomic mass is 16.5. The molecule has 2 heterocycles. The van der Waals surface area contributed by atoms with Crippen molar-refractivity contribution in [2.75, 3.05) is 25.7 Å². The van der Waals surface area contributed by atoms with Gasteiger partial charge in [-0.3, -0.25) is 4.79 Å². The summed E-state index contributed by atoms with van der Waals surface area (Å²) >= 11 is 0. The van der Waals surface area contributed by atoms with Gasteiger partial charge in [-0.1, -0.05) is 24.3 Å². The van der Waals surface area contributed by atoms with Crippen LogP contribution in [-0.2, 0) is 11.3 Å². The standard InChI is InChI=1S/C29H30N4O4/c1-6-37-29-26-25(21-12-11-19(14-30)13-23(21)36-5)24(28(31)34)18(3)33(27(26)17(2)15-32-29)16-20-9-7-8-10-22(20)35-4/h7-13,15,25H,6,16H2,1-5H3,(H2,31,34)/t25-/m1/s1. The molecule has 1 amide bonds. The molecule has 2 N–H and O–H groups in total. The summed E-state index contributed by atoms with van der Waals surface area (Å²) in [5.74, 6) is 0.455. The Bertz CT molecular complexity index is 1420. The average molecular weight is 499 g/mol. The molecule has 190 valence electrons. The van der Waals surface area contributed by atoms with Crippen LogP contribution < -0.4 is 24.8 Å². The van der Waals surface area contributed by atoms with E-state index in [1.807, 2.05) is 45.0 Å². The Kier molecular flexibility index (Phi) is 7.35. The summed E-state index contributed by atoms with van der Waals surface area (Å²) in [5.41, 5.74) is 11.8. The molecule has 4 rings (SSSR count). The van der Waals surface area contributed by atoms with E-state index in [1.165, 1.54) is 7.11 Å². The topological polar surface area (TPSA) is 111 Å². The Morgan fingerprint density at radius 1 is 1.14 bits per heavy atom. The first-order valence-electron chi connectivity index (χ1n) is 12.0. The monoisotopic (exact) mass is 498 g/mol. The zero-order valence-corrected chi connectivity index (χ0v) is 21.7. The molecule has 1 aliphatic heterocycles. The number of nitriles is 1. The molecule has 8 nitrogen and oxygen atoms in total. The number of fused-ring (bicyclic) bond motifs is 1. The number of para-hydroxylation sites is 1. The van der Waals surface area contributed by atoms with Gasteiger partial charge < -0.3 is 24.8 Å². The van der Waals surface area contributed by atoms with E-state index in [4.69, 9.17) is 19.9 Å². The maximum absolute atomic E-state index is 13.1. The lowest BCUT2D eigenvalue weighted by Gasteiger charge is -2.39. The summed E-state index contributed by atoms with van der Waals surface area (Å²) < 4.78 is 17.3. The van der Waals surface area contributed by atoms with Crippen molar-refractivity contribution in [2.45, 2.75) is 33.2 Å². The number of hydrogen-bond donors (Lipinski definition) is 1. The largest absolute Gasteiger partial charge is 0.496 e. The number of ether oxygens (including phenoxy) is 3. The van der Waals surface area contributed by atoms with Crippen LogP contribution in [0.4, 0.5) is 5.69 Å². The first-order chi connectivity index (χ1) is 17.9. The zero-order valence-electron chi connectivity index (χ0n) is 21.7. The number of allylic oxidation sites excluding steroid dienone is 1. The Balaban J connectivity index is 2.06. The number of rotatable bonds is 8. The molecule has 0 radical (unpaired) electrons. The fourth-order valence-electron chi connectivity index (χ4n) is 4.99. The molecule has 0 saturated heterocycles. The number of nitrogens with zero attached hydrogens (tertiary/aromatic N) is 3. The van der Waals surface area contributed by atoms with Crippen molar-refractivity contribution in [1.29, 1.82) is 5.26 Å². The molecule has 2 aromatic carbocycles. The number of methoxy groups -OCH3 is 2. The smallest absolute Gasteiger partial charge is 0.247 e. The number of primary amides is 1. The number of aryl methyl sites for hydroxylation is 1. The van der Waals surface area contributed by atoms with Crippen LogP contribution in [0, 0.1) is 18.3 Å². The third-order valence-corrected chi connectivity index (χ3v) is 6.62. The van der Waals surface area contributed by atoms with Crippen LogP contribution in [0.25, 0.3) is 0 Å². The number of amides is 1. The van der Waals surface area contributed by atoms with Gasteiger partial charge >= 0.3 is 0 Å². The van der Waals surface area contributed by atoms with E-state index in [1.54, 1.807) is 31.5 Å². The van der Waals surface area contributed by atoms with Gasteiger partial charge in [0, 0.05) is 28.6 Å². The van der Waals surface area contributed by atoms with Crippen LogP contribution in [0.2, 0.25) is 0 Å². The summed E-state index contributed by atoms with van der Waals surface area (Å²) in [4.78, 5) is 19.8. The minimum Gasteiger partial charge on any atom is -0.496 e. The maximum atomic E-state index is 13.1. The number of benzene rings is 2. The second-order valence-electron chi connectivity index (χ2n) is 8.70. The number of carbonyl (C=O) groups is 1. The van der Waals surface area contributed by atoms with Crippen molar-refractivity contribution >= 4 is 11.6 Å². The van der Waals surface area contributed by atoms with Crippen molar-refractivity contribution in [3.8, 4) is 23.4 Å². The summed E-state index contributed by atoms with van der Waals surface area (Å²) in [6.45, 7) is 6.58. The van der Waals surface area contributed by atoms with Crippen LogP contribution in [0.3, 0.4) is 0 Å². The van der Waals surface area contributed by atoms with Gasteiger partial charge in [0.1, 0.15) is 11.5 Å². The van der Waals surface area contributed by atoms with Crippen molar-refractivity contribution in [2.24, 2.45) is 5.73 Å². The van der Waals surface area contributed by atoms with Crippen LogP contribution in [-0.4, -0.2) is 31.7 Å². The molecule has 1 aromatic heterocycles. The van der Waals surface area contributed by atoms with Gasteiger partial charge in [0.2, 0.25) is 11.8 Å². The van der Waals surface area contributed by atoms with Gasteiger partial charge in [-0.05, 0) is 44.5 Å². The molecule has 0 saturated carbocycles. The van der Waals surface area contributed by atoms with Gasteiger partial charge in [-0.25, -0.2) is 4.98 Å². The molecule has 0 aliphatic carbocycles. The minimum absolute atomic E-state index is 0.390. The summed E-state index contributed by atoms with van der Waals surface area (Å²) in [6.07, 6.45) is 1.77. The van der Waals surface area contributed by atoms with Crippen LogP contribution in [0.5, 0.6) is 17.4 Å². The molecule has 1 aliphatic rings. The Morgan fingerprint density at radius 2 is 1.86 bits per heavy atom. The third kappa shape index (κ3) is 4.56. The summed E-state index contributed by atoms with van der Waals surface area (Å²) in [5, 5.41) is 9.43. The Hall–Kier alpha value is -4.51. The lowest BCUT2D eigenvalue weighted by Crippen LogP contribution is -2.35. The number of nitrogens with two attached hydrogens (primary N) is 1. The summed E-state index contributed by atoms with van der Waals surface area (Å²) in [6, 6.07) is 15.1. The maximum Gasteiger partial charge on any atom is 0.247 e. The van der Waals surface area contributed by atoms with Crippen molar-refractivity contribution < 1.29 is 19.0 Å². The van der Waals surface area contributed by atoms with Crippen LogP contribution in [0.1, 0.15) is 47.6 Å². The normalized spacial score (nSPS) is 14.6. The molecule has 0 spiro atoms. The fraction of sp³-hybridized carbons (Fsp3) is 0.276. The number of anilines is 1. The molecule has 3 aromatic rings. The van der Waals surface area contributed by atoms with E-state index in [9.17, 15) is 10.1 Å². The predicted octanol–water partition coefficient (Wildman–Crippen LogP) is 4.59. The molecular formula is C29H30N4O4. The summed E-state index contributed by atoms with van der Waals surface area (Å²) in [7, 11) is 3.17. The molecular weight excluding hydrogens is 468 g/mol. The Labute approximate surface area is 216 Å².